The van der Waals surface area contributed by atoms with Crippen LogP contribution in [0.25, 0.3) is 0 Å². The second-order valence-electron chi connectivity index (χ2n) is 6.79. The Morgan fingerprint density at radius 1 is 1.12 bits per heavy atom. The van der Waals surface area contributed by atoms with Crippen molar-refractivity contribution in [3.05, 3.63) is 24.3 Å². The first-order valence-corrected chi connectivity index (χ1v) is 10.3. The van der Waals surface area contributed by atoms with Crippen LogP contribution in [0.3, 0.4) is 0 Å². The number of carbonyl (C=O) groups is 1. The molecule has 2 aliphatic heterocycles. The number of likely N-dealkylation sites (N-methyl/N-ethyl adjacent to an activating group) is 1. The molecule has 2 fully saturated rings. The number of amides is 2. The minimum Gasteiger partial charge on any atom is -0.320 e. The molecule has 6 nitrogen and oxygen atoms in total. The Balaban J connectivity index is 1.78. The maximum absolute atomic E-state index is 12.8. The largest absolute Gasteiger partial charge is 0.322 e. The van der Waals surface area contributed by atoms with Gasteiger partial charge in [0.2, 0.25) is 0 Å². The van der Waals surface area contributed by atoms with Crippen LogP contribution in [-0.4, -0.2) is 62.7 Å². The van der Waals surface area contributed by atoms with Gasteiger partial charge in [0, 0.05) is 24.9 Å². The number of anilines is 1. The standard InChI is InChI=1S/C17H25N3O3S/c1-19-11-5-8-14(19)15-9-6-12-20(15)17(21)18-13-7-3-4-10-16(13)24(2,22)23/h3-4,7,10,14-15H,5-6,8-9,11-12H2,1-2H3,(H,18,21). The number of hydrogen-bond acceptors (Lipinski definition) is 4. The van der Waals surface area contributed by atoms with Crippen molar-refractivity contribution in [3.63, 3.8) is 0 Å². The van der Waals surface area contributed by atoms with E-state index >= 15 is 0 Å². The van der Waals surface area contributed by atoms with Gasteiger partial charge in [-0.15, -0.1) is 0 Å². The molecule has 1 N–H and O–H groups in total. The third-order valence-electron chi connectivity index (χ3n) is 5.11. The number of rotatable bonds is 3. The number of nitrogens with zero attached hydrogens (tertiary/aromatic N) is 2. The second-order valence-corrected chi connectivity index (χ2v) is 8.78. The van der Waals surface area contributed by atoms with E-state index in [4.69, 9.17) is 0 Å². The monoisotopic (exact) mass is 351 g/mol. The maximum atomic E-state index is 12.8. The molecule has 2 heterocycles. The molecule has 2 saturated heterocycles. The molecule has 0 radical (unpaired) electrons. The summed E-state index contributed by atoms with van der Waals surface area (Å²) >= 11 is 0. The third kappa shape index (κ3) is 3.42. The minimum atomic E-state index is -3.38. The smallest absolute Gasteiger partial charge is 0.320 e. The van der Waals surface area contributed by atoms with Gasteiger partial charge >= 0.3 is 6.03 Å². The lowest BCUT2D eigenvalue weighted by molar-refractivity contribution is 0.162. The molecule has 3 rings (SSSR count). The van der Waals surface area contributed by atoms with Crippen LogP contribution in [0.4, 0.5) is 10.5 Å². The van der Waals surface area contributed by atoms with Crippen LogP contribution < -0.4 is 5.32 Å². The van der Waals surface area contributed by atoms with Gasteiger partial charge in [0.1, 0.15) is 0 Å². The quantitative estimate of drug-likeness (QED) is 0.906. The fourth-order valence-electron chi connectivity index (χ4n) is 3.95. The summed E-state index contributed by atoms with van der Waals surface area (Å²) in [4.78, 5) is 17.1. The fourth-order valence-corrected chi connectivity index (χ4v) is 4.79. The number of para-hydroxylation sites is 1. The summed E-state index contributed by atoms with van der Waals surface area (Å²) in [5.74, 6) is 0. The van der Waals surface area contributed by atoms with Gasteiger partial charge in [0.05, 0.1) is 10.6 Å². The SMILES string of the molecule is CN1CCCC1C1CCCN1C(=O)Nc1ccccc1S(C)(=O)=O. The molecule has 1 aromatic rings. The molecule has 0 saturated carbocycles. The Kier molecular flexibility index (Phi) is 4.83. The lowest BCUT2D eigenvalue weighted by Gasteiger charge is -2.33. The van der Waals surface area contributed by atoms with Crippen LogP contribution in [0.1, 0.15) is 25.7 Å². The van der Waals surface area contributed by atoms with Gasteiger partial charge in [-0.05, 0) is 51.4 Å². The number of nitrogens with one attached hydrogen (secondary N) is 1. The molecule has 0 spiro atoms. The second kappa shape index (κ2) is 6.72. The first-order valence-electron chi connectivity index (χ1n) is 8.45. The van der Waals surface area contributed by atoms with E-state index in [9.17, 15) is 13.2 Å². The summed E-state index contributed by atoms with van der Waals surface area (Å²) in [5.41, 5.74) is 0.357. The number of sulfone groups is 1. The number of hydrogen-bond donors (Lipinski definition) is 1. The lowest BCUT2D eigenvalue weighted by atomic mass is 10.0. The van der Waals surface area contributed by atoms with Crippen molar-refractivity contribution in [3.8, 4) is 0 Å². The normalized spacial score (nSPS) is 25.2. The van der Waals surface area contributed by atoms with Crippen molar-refractivity contribution in [2.45, 2.75) is 42.7 Å². The van der Waals surface area contributed by atoms with Crippen molar-refractivity contribution < 1.29 is 13.2 Å². The van der Waals surface area contributed by atoms with Gasteiger partial charge in [-0.1, -0.05) is 12.1 Å². The Hall–Kier alpha value is -1.60. The van der Waals surface area contributed by atoms with Crippen LogP contribution in [0.5, 0.6) is 0 Å². The summed E-state index contributed by atoms with van der Waals surface area (Å²) in [6, 6.07) is 6.98. The van der Waals surface area contributed by atoms with E-state index in [1.807, 2.05) is 4.90 Å². The van der Waals surface area contributed by atoms with Crippen LogP contribution in [0.15, 0.2) is 29.2 Å². The molecule has 2 aliphatic rings. The van der Waals surface area contributed by atoms with Gasteiger partial charge < -0.3 is 15.1 Å². The first-order chi connectivity index (χ1) is 11.4. The molecule has 2 atom stereocenters. The van der Waals surface area contributed by atoms with Crippen LogP contribution in [-0.2, 0) is 9.84 Å². The average Bonchev–Trinajstić information content (AvgIpc) is 3.14. The van der Waals surface area contributed by atoms with Crippen molar-refractivity contribution >= 4 is 21.6 Å². The van der Waals surface area contributed by atoms with E-state index in [-0.39, 0.29) is 17.0 Å². The summed E-state index contributed by atoms with van der Waals surface area (Å²) in [5, 5.41) is 2.82. The van der Waals surface area contributed by atoms with E-state index in [0.29, 0.717) is 11.7 Å². The summed E-state index contributed by atoms with van der Waals surface area (Å²) in [7, 11) is -1.27. The highest BCUT2D eigenvalue weighted by molar-refractivity contribution is 7.90. The number of carbonyl (C=O) groups excluding carboxylic acids is 1. The first kappa shape index (κ1) is 17.2. The zero-order valence-electron chi connectivity index (χ0n) is 14.2. The predicted octanol–water partition coefficient (Wildman–Crippen LogP) is 2.18. The fraction of sp³-hybridized carbons (Fsp3) is 0.588. The van der Waals surface area contributed by atoms with Crippen molar-refractivity contribution in [1.29, 1.82) is 0 Å². The van der Waals surface area contributed by atoms with E-state index in [1.165, 1.54) is 12.5 Å². The van der Waals surface area contributed by atoms with Gasteiger partial charge in [-0.2, -0.15) is 0 Å². The molecular weight excluding hydrogens is 326 g/mol. The van der Waals surface area contributed by atoms with E-state index in [2.05, 4.69) is 17.3 Å². The van der Waals surface area contributed by atoms with Crippen LogP contribution in [0.2, 0.25) is 0 Å². The Labute approximate surface area is 143 Å². The minimum absolute atomic E-state index is 0.159. The Bertz CT molecular complexity index is 720. The van der Waals surface area contributed by atoms with Crippen LogP contribution >= 0.6 is 0 Å². The third-order valence-corrected chi connectivity index (χ3v) is 6.26. The summed E-state index contributed by atoms with van der Waals surface area (Å²) in [6.07, 6.45) is 5.45. The van der Waals surface area contributed by atoms with E-state index in [0.717, 1.165) is 38.6 Å². The molecule has 132 valence electrons. The zero-order valence-corrected chi connectivity index (χ0v) is 15.1. The molecule has 0 aliphatic carbocycles. The van der Waals surface area contributed by atoms with Crippen molar-refractivity contribution in [2.75, 3.05) is 31.7 Å². The molecule has 1 aromatic carbocycles. The van der Waals surface area contributed by atoms with Crippen molar-refractivity contribution in [2.24, 2.45) is 0 Å². The molecule has 0 aromatic heterocycles. The Morgan fingerprint density at radius 2 is 1.79 bits per heavy atom. The maximum Gasteiger partial charge on any atom is 0.322 e. The van der Waals surface area contributed by atoms with Gasteiger partial charge in [0.25, 0.3) is 0 Å². The number of urea groups is 1. The molecule has 2 unspecified atom stereocenters. The van der Waals surface area contributed by atoms with Gasteiger partial charge in [-0.25, -0.2) is 13.2 Å². The summed E-state index contributed by atoms with van der Waals surface area (Å²) in [6.45, 7) is 1.80. The Morgan fingerprint density at radius 3 is 2.46 bits per heavy atom. The number of likely N-dealkylation sites (tertiary alicyclic amines) is 2. The highest BCUT2D eigenvalue weighted by atomic mass is 32.2. The molecule has 7 heteroatoms. The van der Waals surface area contributed by atoms with Gasteiger partial charge in [0.15, 0.2) is 9.84 Å². The van der Waals surface area contributed by atoms with Gasteiger partial charge in [-0.3, -0.25) is 0 Å². The molecule has 2 amide bonds. The molecule has 24 heavy (non-hydrogen) atoms. The molecule has 0 bridgehead atoms. The predicted molar refractivity (Wildman–Crippen MR) is 94.0 cm³/mol. The average molecular weight is 351 g/mol. The highest BCUT2D eigenvalue weighted by Crippen LogP contribution is 2.30. The van der Waals surface area contributed by atoms with Crippen molar-refractivity contribution in [1.82, 2.24) is 9.80 Å². The topological polar surface area (TPSA) is 69.7 Å². The number of benzene rings is 1. The highest BCUT2D eigenvalue weighted by Gasteiger charge is 2.38. The molecular formula is C17H25N3O3S. The zero-order chi connectivity index (χ0) is 17.3. The van der Waals surface area contributed by atoms with E-state index in [1.54, 1.807) is 18.2 Å². The lowest BCUT2D eigenvalue weighted by Crippen LogP contribution is -2.48. The van der Waals surface area contributed by atoms with Crippen LogP contribution in [0, 0.1) is 0 Å². The summed E-state index contributed by atoms with van der Waals surface area (Å²) < 4.78 is 23.8. The van der Waals surface area contributed by atoms with E-state index < -0.39 is 9.84 Å².